The lowest BCUT2D eigenvalue weighted by molar-refractivity contribution is 0.0946. The lowest BCUT2D eigenvalue weighted by Crippen LogP contribution is -2.23. The largest absolute Gasteiger partial charge is 0.345 e. The topological polar surface area (TPSA) is 85.6 Å². The molecule has 0 aliphatic rings. The van der Waals surface area contributed by atoms with Crippen molar-refractivity contribution in [1.29, 1.82) is 0 Å². The second-order valence-electron chi connectivity index (χ2n) is 7.83. The molecule has 0 spiro atoms. The van der Waals surface area contributed by atoms with Crippen LogP contribution < -0.4 is 5.32 Å². The monoisotopic (exact) mass is 532 g/mol. The van der Waals surface area contributed by atoms with Crippen LogP contribution in [-0.4, -0.2) is 30.6 Å². The van der Waals surface area contributed by atoms with E-state index in [-0.39, 0.29) is 5.91 Å². The number of aryl methyl sites for hydroxylation is 1. The molecule has 2 aromatic carbocycles. The summed E-state index contributed by atoms with van der Waals surface area (Å²) in [5, 5.41) is 15.7. The van der Waals surface area contributed by atoms with E-state index in [0.29, 0.717) is 28.8 Å². The minimum Gasteiger partial charge on any atom is -0.345 e. The van der Waals surface area contributed by atoms with E-state index in [0.717, 1.165) is 32.7 Å². The third kappa shape index (κ3) is 5.33. The van der Waals surface area contributed by atoms with Crippen molar-refractivity contribution in [2.24, 2.45) is 0 Å². The number of rotatable bonds is 8. The number of carbonyl (C=O) groups excluding carboxylic acids is 1. The van der Waals surface area contributed by atoms with Gasteiger partial charge in [-0.25, -0.2) is 4.98 Å². The predicted molar refractivity (Wildman–Crippen MR) is 144 cm³/mol. The molecular formula is C26H21ClN6OS2. The molecule has 10 heteroatoms. The fourth-order valence-corrected chi connectivity index (χ4v) is 5.54. The predicted octanol–water partition coefficient (Wildman–Crippen LogP) is 5.97. The minimum absolute atomic E-state index is 0.225. The number of benzene rings is 2. The van der Waals surface area contributed by atoms with Gasteiger partial charge in [0.1, 0.15) is 10.7 Å². The van der Waals surface area contributed by atoms with E-state index in [2.05, 4.69) is 38.5 Å². The summed E-state index contributed by atoms with van der Waals surface area (Å²) in [6.07, 6.45) is 1.70. The first-order valence-corrected chi connectivity index (χ1v) is 13.4. The van der Waals surface area contributed by atoms with Crippen molar-refractivity contribution in [2.45, 2.75) is 24.4 Å². The molecule has 0 bridgehead atoms. The Kier molecular flexibility index (Phi) is 7.41. The quantitative estimate of drug-likeness (QED) is 0.248. The molecule has 5 aromatic rings. The Morgan fingerprint density at radius 3 is 2.67 bits per heavy atom. The molecule has 3 aromatic heterocycles. The number of thioether (sulfide) groups is 1. The van der Waals surface area contributed by atoms with E-state index >= 15 is 0 Å². The Labute approximate surface area is 221 Å². The molecule has 1 amide bonds. The van der Waals surface area contributed by atoms with Crippen LogP contribution >= 0.6 is 34.7 Å². The summed E-state index contributed by atoms with van der Waals surface area (Å²) in [4.78, 5) is 21.3. The highest BCUT2D eigenvalue weighted by Gasteiger charge is 2.20. The smallest absolute Gasteiger partial charge is 0.271 e. The number of hydrogen-bond acceptors (Lipinski definition) is 7. The van der Waals surface area contributed by atoms with Gasteiger partial charge in [0.25, 0.3) is 5.91 Å². The van der Waals surface area contributed by atoms with Crippen LogP contribution in [0.15, 0.2) is 83.5 Å². The maximum Gasteiger partial charge on any atom is 0.271 e. The van der Waals surface area contributed by atoms with Gasteiger partial charge in [-0.3, -0.25) is 14.3 Å². The fourth-order valence-electron chi connectivity index (χ4n) is 3.58. The van der Waals surface area contributed by atoms with Gasteiger partial charge in [0, 0.05) is 17.1 Å². The van der Waals surface area contributed by atoms with Crippen molar-refractivity contribution < 1.29 is 4.79 Å². The Bertz CT molecular complexity index is 1500. The van der Waals surface area contributed by atoms with Gasteiger partial charge in [-0.15, -0.1) is 21.5 Å². The van der Waals surface area contributed by atoms with Gasteiger partial charge in [-0.05, 0) is 42.8 Å². The van der Waals surface area contributed by atoms with E-state index in [1.807, 2.05) is 65.2 Å². The third-order valence-corrected chi connectivity index (χ3v) is 7.67. The van der Waals surface area contributed by atoms with Gasteiger partial charge in [-0.2, -0.15) is 0 Å². The van der Waals surface area contributed by atoms with Crippen LogP contribution in [-0.2, 0) is 12.3 Å². The first-order chi connectivity index (χ1) is 17.6. The standard InChI is InChI=1S/C26H21ClN6OS2/c1-17-8-2-5-12-22(17)33-24(19-10-3-4-11-20(19)27)31-32-26(33)36-16-23-30-21(15-35-23)25(34)29-14-18-9-6-7-13-28-18/h2-13,15H,14,16H2,1H3,(H,29,34). The second kappa shape index (κ2) is 11.0. The molecule has 0 atom stereocenters. The molecule has 36 heavy (non-hydrogen) atoms. The van der Waals surface area contributed by atoms with Crippen LogP contribution in [0.25, 0.3) is 17.1 Å². The highest BCUT2D eigenvalue weighted by atomic mass is 35.5. The summed E-state index contributed by atoms with van der Waals surface area (Å²) >= 11 is 9.45. The Hall–Kier alpha value is -3.53. The van der Waals surface area contributed by atoms with E-state index in [9.17, 15) is 4.79 Å². The number of para-hydroxylation sites is 1. The summed E-state index contributed by atoms with van der Waals surface area (Å²) in [6, 6.07) is 21.3. The number of nitrogens with one attached hydrogen (secondary N) is 1. The van der Waals surface area contributed by atoms with Crippen LogP contribution in [0, 0.1) is 6.92 Å². The molecule has 0 unspecified atom stereocenters. The van der Waals surface area contributed by atoms with Crippen molar-refractivity contribution in [3.63, 3.8) is 0 Å². The first-order valence-electron chi connectivity index (χ1n) is 11.1. The summed E-state index contributed by atoms with van der Waals surface area (Å²) in [7, 11) is 0. The average Bonchev–Trinajstić information content (AvgIpc) is 3.55. The zero-order valence-electron chi connectivity index (χ0n) is 19.3. The summed E-state index contributed by atoms with van der Waals surface area (Å²) in [5.74, 6) is 0.994. The number of carbonyl (C=O) groups is 1. The number of nitrogens with zero attached hydrogens (tertiary/aromatic N) is 5. The Morgan fingerprint density at radius 1 is 1.06 bits per heavy atom. The molecule has 180 valence electrons. The van der Waals surface area contributed by atoms with Crippen LogP contribution in [0.1, 0.15) is 26.8 Å². The molecular weight excluding hydrogens is 512 g/mol. The van der Waals surface area contributed by atoms with Crippen molar-refractivity contribution in [3.8, 4) is 17.1 Å². The molecule has 0 aliphatic heterocycles. The van der Waals surface area contributed by atoms with E-state index in [1.54, 1.807) is 11.6 Å². The van der Waals surface area contributed by atoms with Gasteiger partial charge in [0.2, 0.25) is 0 Å². The minimum atomic E-state index is -0.225. The Balaban J connectivity index is 1.35. The number of pyridine rings is 1. The zero-order valence-corrected chi connectivity index (χ0v) is 21.6. The van der Waals surface area contributed by atoms with Gasteiger partial charge < -0.3 is 5.32 Å². The molecule has 5 rings (SSSR count). The maximum atomic E-state index is 12.5. The van der Waals surface area contributed by atoms with Crippen LogP contribution in [0.3, 0.4) is 0 Å². The first kappa shape index (κ1) is 24.2. The maximum absolute atomic E-state index is 12.5. The summed E-state index contributed by atoms with van der Waals surface area (Å²) < 4.78 is 2.02. The second-order valence-corrected chi connectivity index (χ2v) is 10.1. The number of aromatic nitrogens is 5. The number of thiazole rings is 1. The normalized spacial score (nSPS) is 10.9. The van der Waals surface area contributed by atoms with Gasteiger partial charge >= 0.3 is 0 Å². The lowest BCUT2D eigenvalue weighted by Gasteiger charge is -2.13. The number of hydrogen-bond donors (Lipinski definition) is 1. The van der Waals surface area contributed by atoms with E-state index in [1.165, 1.54) is 23.1 Å². The SMILES string of the molecule is Cc1ccccc1-n1c(SCc2nc(C(=O)NCc3ccccn3)cs2)nnc1-c1ccccc1Cl. The van der Waals surface area contributed by atoms with Crippen molar-refractivity contribution in [2.75, 3.05) is 0 Å². The molecule has 1 N–H and O–H groups in total. The molecule has 0 radical (unpaired) electrons. The molecule has 3 heterocycles. The molecule has 0 aliphatic carbocycles. The Morgan fingerprint density at radius 2 is 1.86 bits per heavy atom. The zero-order chi connectivity index (χ0) is 24.9. The third-order valence-electron chi connectivity index (χ3n) is 5.37. The number of halogens is 1. The van der Waals surface area contributed by atoms with Gasteiger partial charge in [0.15, 0.2) is 11.0 Å². The summed E-state index contributed by atoms with van der Waals surface area (Å²) in [5.41, 5.74) is 4.07. The van der Waals surface area contributed by atoms with Crippen molar-refractivity contribution in [3.05, 3.63) is 105 Å². The van der Waals surface area contributed by atoms with E-state index < -0.39 is 0 Å². The molecule has 0 fully saturated rings. The molecule has 0 saturated carbocycles. The number of amides is 1. The fraction of sp³-hybridized carbons (Fsp3) is 0.115. The van der Waals surface area contributed by atoms with Gasteiger partial charge in [-0.1, -0.05) is 59.8 Å². The average molecular weight is 533 g/mol. The van der Waals surface area contributed by atoms with Crippen molar-refractivity contribution in [1.82, 2.24) is 30.0 Å². The highest BCUT2D eigenvalue weighted by Crippen LogP contribution is 2.34. The molecule has 0 saturated heterocycles. The van der Waals surface area contributed by atoms with Crippen LogP contribution in [0.2, 0.25) is 5.02 Å². The van der Waals surface area contributed by atoms with E-state index in [4.69, 9.17) is 11.6 Å². The summed E-state index contributed by atoms with van der Waals surface area (Å²) in [6.45, 7) is 2.41. The van der Waals surface area contributed by atoms with Crippen molar-refractivity contribution >= 4 is 40.6 Å². The van der Waals surface area contributed by atoms with Gasteiger partial charge in [0.05, 0.1) is 28.7 Å². The van der Waals surface area contributed by atoms with Crippen LogP contribution in [0.4, 0.5) is 0 Å². The highest BCUT2D eigenvalue weighted by molar-refractivity contribution is 7.98. The molecule has 7 nitrogen and oxygen atoms in total. The lowest BCUT2D eigenvalue weighted by atomic mass is 10.1. The van der Waals surface area contributed by atoms with Crippen LogP contribution in [0.5, 0.6) is 0 Å².